The van der Waals surface area contributed by atoms with Crippen LogP contribution >= 0.6 is 8.58 Å². The zero-order valence-electron chi connectivity index (χ0n) is 16.4. The lowest BCUT2D eigenvalue weighted by Crippen LogP contribution is -2.51. The summed E-state index contributed by atoms with van der Waals surface area (Å²) in [4.78, 5) is 24.2. The number of fused-ring (bicyclic) bond motifs is 3. The molecule has 2 bridgehead atoms. The lowest BCUT2D eigenvalue weighted by molar-refractivity contribution is -0.123. The van der Waals surface area contributed by atoms with Crippen LogP contribution in [0.25, 0.3) is 11.1 Å². The Morgan fingerprint density at radius 2 is 2.00 bits per heavy atom. The minimum absolute atomic E-state index is 0.0307. The topological polar surface area (TPSA) is 94.0 Å². The van der Waals surface area contributed by atoms with Crippen LogP contribution in [0.3, 0.4) is 0 Å². The molecule has 0 spiro atoms. The number of carbonyl (C=O) groups excluding carboxylic acids is 2. The molecule has 2 aromatic rings. The quantitative estimate of drug-likeness (QED) is 0.651. The molecule has 2 fully saturated rings. The maximum Gasteiger partial charge on any atom is 0.238 e. The van der Waals surface area contributed by atoms with E-state index in [0.717, 1.165) is 49.4 Å². The Hall–Kier alpha value is -2.74. The zero-order valence-corrected chi connectivity index (χ0v) is 17.4. The predicted octanol–water partition coefficient (Wildman–Crippen LogP) is 2.54. The summed E-state index contributed by atoms with van der Waals surface area (Å²) in [7, 11) is 0.818. The van der Waals surface area contributed by atoms with Crippen LogP contribution in [0.15, 0.2) is 42.5 Å². The van der Waals surface area contributed by atoms with E-state index in [1.54, 1.807) is 0 Å². The first-order valence-corrected chi connectivity index (χ1v) is 11.5. The van der Waals surface area contributed by atoms with Crippen molar-refractivity contribution < 1.29 is 9.59 Å². The monoisotopic (exact) mass is 418 g/mol. The molecule has 3 N–H and O–H groups in total. The van der Waals surface area contributed by atoms with Gasteiger partial charge >= 0.3 is 0 Å². The Bertz CT molecular complexity index is 1050. The maximum absolute atomic E-state index is 12.6. The second-order valence-corrected chi connectivity index (χ2v) is 10.0. The number of anilines is 1. The third-order valence-corrected chi connectivity index (χ3v) is 8.09. The molecule has 152 valence electrons. The minimum atomic E-state index is -0.539. The molecule has 3 aliphatic rings. The summed E-state index contributed by atoms with van der Waals surface area (Å²) < 4.78 is 0. The highest BCUT2D eigenvalue weighted by atomic mass is 31.1. The van der Waals surface area contributed by atoms with E-state index in [9.17, 15) is 14.9 Å². The number of nitrogens with zero attached hydrogens (tertiary/aromatic N) is 1. The number of nitriles is 1. The van der Waals surface area contributed by atoms with Crippen molar-refractivity contribution >= 4 is 26.1 Å². The molecule has 0 aliphatic carbocycles. The molecule has 6 nitrogen and oxygen atoms in total. The zero-order chi connectivity index (χ0) is 20.7. The molecule has 0 aromatic heterocycles. The van der Waals surface area contributed by atoms with Crippen molar-refractivity contribution in [3.8, 4) is 17.2 Å². The molecule has 0 radical (unpaired) electrons. The molecule has 2 aromatic carbocycles. The average Bonchev–Trinajstić information content (AvgIpc) is 3.48. The van der Waals surface area contributed by atoms with Crippen molar-refractivity contribution in [3.05, 3.63) is 53.6 Å². The van der Waals surface area contributed by atoms with Crippen LogP contribution in [0.5, 0.6) is 0 Å². The average molecular weight is 418 g/mol. The van der Waals surface area contributed by atoms with Gasteiger partial charge in [0.25, 0.3) is 0 Å². The molecule has 5 rings (SSSR count). The first-order valence-electron chi connectivity index (χ1n) is 10.3. The van der Waals surface area contributed by atoms with E-state index in [1.165, 1.54) is 0 Å². The predicted molar refractivity (Wildman–Crippen MR) is 118 cm³/mol. The van der Waals surface area contributed by atoms with Crippen molar-refractivity contribution in [1.82, 2.24) is 10.6 Å². The molecule has 30 heavy (non-hydrogen) atoms. The lowest BCUT2D eigenvalue weighted by Gasteiger charge is -2.23. The SMILES string of the molecule is N#C[C@H](Cc1ccc(-c2ccc3c(c2)NC(=O)C3)cc1)NC(=O)[C@H]1N[C@@H]2CC[C@H]1P2. The summed E-state index contributed by atoms with van der Waals surface area (Å²) in [5.74, 6) is 0.479. The van der Waals surface area contributed by atoms with Gasteiger partial charge in [0.2, 0.25) is 11.8 Å². The summed E-state index contributed by atoms with van der Waals surface area (Å²) in [6, 6.07) is 15.6. The summed E-state index contributed by atoms with van der Waals surface area (Å²) in [6.07, 6.45) is 3.19. The number of carbonyl (C=O) groups is 2. The third-order valence-electron chi connectivity index (χ3n) is 6.18. The van der Waals surface area contributed by atoms with E-state index >= 15 is 0 Å². The van der Waals surface area contributed by atoms with Crippen molar-refractivity contribution in [3.63, 3.8) is 0 Å². The molecule has 3 heterocycles. The van der Waals surface area contributed by atoms with Gasteiger partial charge in [-0.1, -0.05) is 45.0 Å². The smallest absolute Gasteiger partial charge is 0.238 e. The van der Waals surface area contributed by atoms with Gasteiger partial charge in [-0.15, -0.1) is 0 Å². The Kier molecular flexibility index (Phi) is 5.02. The summed E-state index contributed by atoms with van der Waals surface area (Å²) in [5, 5.41) is 18.7. The van der Waals surface area contributed by atoms with Gasteiger partial charge in [-0.2, -0.15) is 5.26 Å². The Morgan fingerprint density at radius 3 is 2.70 bits per heavy atom. The molecular formula is C23H23N4O2P. The van der Waals surface area contributed by atoms with Crippen molar-refractivity contribution in [2.24, 2.45) is 0 Å². The first kappa shape index (κ1) is 19.2. The van der Waals surface area contributed by atoms with Gasteiger partial charge in [0.15, 0.2) is 0 Å². The number of nitrogens with one attached hydrogen (secondary N) is 3. The van der Waals surface area contributed by atoms with Gasteiger partial charge in [-0.25, -0.2) is 0 Å². The Balaban J connectivity index is 1.23. The molecule has 2 saturated heterocycles. The van der Waals surface area contributed by atoms with Crippen LogP contribution in [0.4, 0.5) is 5.69 Å². The number of rotatable bonds is 5. The highest BCUT2D eigenvalue weighted by molar-refractivity contribution is 7.40. The van der Waals surface area contributed by atoms with E-state index < -0.39 is 6.04 Å². The van der Waals surface area contributed by atoms with Gasteiger partial charge < -0.3 is 10.6 Å². The highest BCUT2D eigenvalue weighted by Gasteiger charge is 2.43. The van der Waals surface area contributed by atoms with Gasteiger partial charge in [-0.05, 0) is 41.2 Å². The van der Waals surface area contributed by atoms with Gasteiger partial charge in [0, 0.05) is 23.6 Å². The van der Waals surface area contributed by atoms with Gasteiger partial charge in [0.05, 0.1) is 18.5 Å². The number of hydrogen-bond donors (Lipinski definition) is 3. The largest absolute Gasteiger partial charge is 0.339 e. The van der Waals surface area contributed by atoms with Crippen LogP contribution in [0, 0.1) is 11.3 Å². The fraction of sp³-hybridized carbons (Fsp3) is 0.348. The number of amides is 2. The fourth-order valence-electron chi connectivity index (χ4n) is 4.61. The third kappa shape index (κ3) is 3.71. The first-order chi connectivity index (χ1) is 14.6. The molecule has 3 aliphatic heterocycles. The summed E-state index contributed by atoms with van der Waals surface area (Å²) in [5.41, 5.74) is 5.43. The van der Waals surface area contributed by atoms with Crippen LogP contribution in [-0.2, 0) is 22.4 Å². The molecule has 2 amide bonds. The van der Waals surface area contributed by atoms with E-state index in [4.69, 9.17) is 0 Å². The standard InChI is InChI=1S/C23H23N4O2P/c24-12-17(25-23(29)22-19-7-8-21(27-22)30-19)9-13-1-3-14(4-2-13)15-5-6-16-11-20(28)26-18(16)10-15/h1-6,10,17,19,21-22,27,30H,7-9,11H2,(H,25,29)(H,26,28)/t17-,19+,21-,22-/m0/s1. The van der Waals surface area contributed by atoms with Gasteiger partial charge in [0.1, 0.15) is 6.04 Å². The number of piperidine rings is 1. The Morgan fingerprint density at radius 1 is 1.20 bits per heavy atom. The van der Waals surface area contributed by atoms with Crippen LogP contribution in [-0.4, -0.2) is 35.3 Å². The van der Waals surface area contributed by atoms with Crippen LogP contribution in [0.1, 0.15) is 24.0 Å². The van der Waals surface area contributed by atoms with Crippen LogP contribution < -0.4 is 16.0 Å². The Labute approximate surface area is 177 Å². The summed E-state index contributed by atoms with van der Waals surface area (Å²) in [6.45, 7) is 0. The van der Waals surface area contributed by atoms with Gasteiger partial charge in [-0.3, -0.25) is 14.9 Å². The molecule has 7 heteroatoms. The fourth-order valence-corrected chi connectivity index (χ4v) is 6.51. The number of benzene rings is 2. The molecule has 0 saturated carbocycles. The van der Waals surface area contributed by atoms with Crippen molar-refractivity contribution in [2.45, 2.75) is 49.2 Å². The van der Waals surface area contributed by atoms with E-state index in [-0.39, 0.29) is 17.9 Å². The maximum atomic E-state index is 12.6. The molecular weight excluding hydrogens is 395 g/mol. The van der Waals surface area contributed by atoms with Crippen LogP contribution in [0.2, 0.25) is 0 Å². The second kappa shape index (κ2) is 7.83. The molecule has 5 atom stereocenters. The summed E-state index contributed by atoms with van der Waals surface area (Å²) >= 11 is 0. The van der Waals surface area contributed by atoms with E-state index in [2.05, 4.69) is 22.0 Å². The minimum Gasteiger partial charge on any atom is -0.339 e. The second-order valence-electron chi connectivity index (χ2n) is 8.24. The number of hydrogen-bond acceptors (Lipinski definition) is 4. The normalized spacial score (nSPS) is 25.6. The highest BCUT2D eigenvalue weighted by Crippen LogP contribution is 2.45. The lowest BCUT2D eigenvalue weighted by atomic mass is 9.99. The van der Waals surface area contributed by atoms with Crippen molar-refractivity contribution in [2.75, 3.05) is 5.32 Å². The van der Waals surface area contributed by atoms with E-state index in [0.29, 0.717) is 24.3 Å². The van der Waals surface area contributed by atoms with E-state index in [1.807, 2.05) is 42.5 Å². The van der Waals surface area contributed by atoms with Crippen molar-refractivity contribution in [1.29, 1.82) is 5.26 Å². The molecule has 1 unspecified atom stereocenters.